The van der Waals surface area contributed by atoms with E-state index < -0.39 is 24.1 Å². The first kappa shape index (κ1) is 22.5. The lowest BCUT2D eigenvalue weighted by molar-refractivity contribution is -0.147. The summed E-state index contributed by atoms with van der Waals surface area (Å²) in [5.74, 6) is -2.65. The molecule has 0 aliphatic rings. The number of benzene rings is 2. The average Bonchev–Trinajstić information content (AvgIpc) is 2.68. The van der Waals surface area contributed by atoms with Gasteiger partial charge in [0.1, 0.15) is 0 Å². The highest BCUT2D eigenvalue weighted by Gasteiger charge is 2.18. The number of carboxylic acids is 2. The predicted octanol–water partition coefficient (Wildman–Crippen LogP) is 1.04. The molecule has 0 radical (unpaired) electrons. The number of aliphatic hydroxyl groups is 2. The SMILES string of the molecule is COc1cc(C(O)C(=O)O)ccc1O.COc1cc(C(O)C(=O)O)ccc1O. The molecule has 0 heterocycles. The lowest BCUT2D eigenvalue weighted by atomic mass is 10.1. The van der Waals surface area contributed by atoms with Gasteiger partial charge in [0.25, 0.3) is 0 Å². The van der Waals surface area contributed by atoms with Gasteiger partial charge in [-0.15, -0.1) is 0 Å². The van der Waals surface area contributed by atoms with Crippen LogP contribution in [0.15, 0.2) is 36.4 Å². The molecule has 10 nitrogen and oxygen atoms in total. The third-order valence-corrected chi connectivity index (χ3v) is 3.51. The molecule has 0 saturated carbocycles. The number of carboxylic acid groups (broad SMARTS) is 2. The first-order chi connectivity index (χ1) is 13.1. The first-order valence-electron chi connectivity index (χ1n) is 7.67. The minimum Gasteiger partial charge on any atom is -0.504 e. The van der Waals surface area contributed by atoms with Gasteiger partial charge in [0, 0.05) is 0 Å². The number of methoxy groups -OCH3 is 2. The molecule has 0 amide bonds. The van der Waals surface area contributed by atoms with Gasteiger partial charge in [-0.05, 0) is 35.4 Å². The molecule has 28 heavy (non-hydrogen) atoms. The fraction of sp³-hybridized carbons (Fsp3) is 0.222. The van der Waals surface area contributed by atoms with Crippen LogP contribution in [0.2, 0.25) is 0 Å². The van der Waals surface area contributed by atoms with Gasteiger partial charge in [0.05, 0.1) is 14.2 Å². The largest absolute Gasteiger partial charge is 0.504 e. The van der Waals surface area contributed by atoms with E-state index in [0.717, 1.165) is 0 Å². The van der Waals surface area contributed by atoms with Gasteiger partial charge in [0.15, 0.2) is 35.2 Å². The standard InChI is InChI=1S/2C9H10O5/c2*1-14-7-4-5(2-3-6(7)10)8(11)9(12)13/h2*2-4,8,10-11H,1H3,(H,12,13). The van der Waals surface area contributed by atoms with E-state index in [0.29, 0.717) is 0 Å². The van der Waals surface area contributed by atoms with E-state index in [2.05, 4.69) is 0 Å². The number of phenols is 2. The predicted molar refractivity (Wildman–Crippen MR) is 94.5 cm³/mol. The van der Waals surface area contributed by atoms with E-state index in [4.69, 9.17) is 19.7 Å². The van der Waals surface area contributed by atoms with Gasteiger partial charge in [-0.2, -0.15) is 0 Å². The van der Waals surface area contributed by atoms with Crippen LogP contribution in [0.3, 0.4) is 0 Å². The van der Waals surface area contributed by atoms with Crippen LogP contribution in [0.4, 0.5) is 0 Å². The summed E-state index contributed by atoms with van der Waals surface area (Å²) in [7, 11) is 2.68. The molecule has 0 aliphatic heterocycles. The van der Waals surface area contributed by atoms with Crippen molar-refractivity contribution in [2.45, 2.75) is 12.2 Å². The Morgan fingerprint density at radius 1 is 0.750 bits per heavy atom. The minimum atomic E-state index is -1.61. The van der Waals surface area contributed by atoms with E-state index in [1.807, 2.05) is 0 Å². The van der Waals surface area contributed by atoms with Crippen LogP contribution in [0, 0.1) is 0 Å². The monoisotopic (exact) mass is 396 g/mol. The van der Waals surface area contributed by atoms with Crippen LogP contribution < -0.4 is 9.47 Å². The zero-order valence-corrected chi connectivity index (χ0v) is 14.9. The summed E-state index contributed by atoms with van der Waals surface area (Å²) in [4.78, 5) is 20.9. The fourth-order valence-corrected chi connectivity index (χ4v) is 2.01. The molecule has 0 fully saturated rings. The van der Waals surface area contributed by atoms with Crippen LogP contribution in [0.5, 0.6) is 23.0 Å². The van der Waals surface area contributed by atoms with E-state index >= 15 is 0 Å². The van der Waals surface area contributed by atoms with Crippen molar-refractivity contribution in [2.75, 3.05) is 14.2 Å². The number of ether oxygens (including phenoxy) is 2. The summed E-state index contributed by atoms with van der Waals surface area (Å²) in [5, 5.41) is 53.8. The molecule has 0 aliphatic carbocycles. The Kier molecular flexibility index (Phi) is 8.05. The smallest absolute Gasteiger partial charge is 0.337 e. The number of aliphatic carboxylic acids is 2. The van der Waals surface area contributed by atoms with Crippen molar-refractivity contribution >= 4 is 11.9 Å². The Morgan fingerprint density at radius 3 is 1.32 bits per heavy atom. The number of hydrogen-bond acceptors (Lipinski definition) is 8. The normalized spacial score (nSPS) is 12.1. The Balaban J connectivity index is 0.000000280. The third-order valence-electron chi connectivity index (χ3n) is 3.51. The molecule has 0 spiro atoms. The van der Waals surface area contributed by atoms with Gasteiger partial charge in [-0.1, -0.05) is 12.1 Å². The van der Waals surface area contributed by atoms with Crippen molar-refractivity contribution in [2.24, 2.45) is 0 Å². The molecule has 2 rings (SSSR count). The van der Waals surface area contributed by atoms with E-state index in [1.54, 1.807) is 0 Å². The maximum absolute atomic E-state index is 10.4. The van der Waals surface area contributed by atoms with E-state index in [9.17, 15) is 30.0 Å². The lowest BCUT2D eigenvalue weighted by Crippen LogP contribution is -2.10. The fourth-order valence-electron chi connectivity index (χ4n) is 2.01. The summed E-state index contributed by atoms with van der Waals surface area (Å²) in [6, 6.07) is 7.70. The number of carbonyl (C=O) groups is 2. The Labute approximate surface area is 159 Å². The average molecular weight is 396 g/mol. The summed E-state index contributed by atoms with van der Waals surface area (Å²) in [6.07, 6.45) is -3.21. The van der Waals surface area contributed by atoms with E-state index in [1.165, 1.54) is 50.6 Å². The Morgan fingerprint density at radius 2 is 1.07 bits per heavy atom. The molecule has 152 valence electrons. The van der Waals surface area contributed by atoms with E-state index in [-0.39, 0.29) is 34.1 Å². The summed E-state index contributed by atoms with van der Waals surface area (Å²) in [6.45, 7) is 0. The van der Waals surface area contributed by atoms with Crippen molar-refractivity contribution in [3.05, 3.63) is 47.5 Å². The second kappa shape index (κ2) is 10.00. The van der Waals surface area contributed by atoms with Crippen molar-refractivity contribution in [1.82, 2.24) is 0 Å². The molecule has 0 saturated heterocycles. The molecule has 2 aromatic rings. The molecule has 2 aromatic carbocycles. The Bertz CT molecular complexity index is 764. The molecular formula is C18H20O10. The number of aromatic hydroxyl groups is 2. The maximum Gasteiger partial charge on any atom is 0.337 e. The molecule has 10 heteroatoms. The van der Waals surface area contributed by atoms with Crippen molar-refractivity contribution in [3.8, 4) is 23.0 Å². The zero-order chi connectivity index (χ0) is 21.4. The summed E-state index contributed by atoms with van der Waals surface area (Å²) < 4.78 is 9.52. The van der Waals surface area contributed by atoms with Crippen LogP contribution in [-0.2, 0) is 9.59 Å². The van der Waals surface area contributed by atoms with Crippen LogP contribution >= 0.6 is 0 Å². The van der Waals surface area contributed by atoms with Gasteiger partial charge in [0.2, 0.25) is 0 Å². The highest BCUT2D eigenvalue weighted by atomic mass is 16.5. The van der Waals surface area contributed by atoms with Crippen molar-refractivity contribution in [1.29, 1.82) is 0 Å². The topological polar surface area (TPSA) is 174 Å². The quantitative estimate of drug-likeness (QED) is 0.414. The van der Waals surface area contributed by atoms with Gasteiger partial charge in [-0.25, -0.2) is 9.59 Å². The van der Waals surface area contributed by atoms with Crippen molar-refractivity contribution in [3.63, 3.8) is 0 Å². The highest BCUT2D eigenvalue weighted by Crippen LogP contribution is 2.29. The number of phenolic OH excluding ortho intramolecular Hbond substituents is 2. The number of rotatable bonds is 6. The maximum atomic E-state index is 10.4. The summed E-state index contributed by atoms with van der Waals surface area (Å²) in [5.41, 5.74) is 0.319. The first-order valence-corrected chi connectivity index (χ1v) is 7.67. The molecule has 0 aromatic heterocycles. The highest BCUT2D eigenvalue weighted by molar-refractivity contribution is 5.75. The minimum absolute atomic E-state index is 0.103. The molecule has 2 unspecified atom stereocenters. The number of hydrogen-bond donors (Lipinski definition) is 6. The van der Waals surface area contributed by atoms with Gasteiger partial charge >= 0.3 is 11.9 Å². The van der Waals surface area contributed by atoms with Gasteiger partial charge < -0.3 is 40.1 Å². The summed E-state index contributed by atoms with van der Waals surface area (Å²) >= 11 is 0. The second-order valence-electron chi connectivity index (χ2n) is 5.34. The van der Waals surface area contributed by atoms with Crippen LogP contribution in [-0.4, -0.2) is 56.8 Å². The lowest BCUT2D eigenvalue weighted by Gasteiger charge is -2.08. The number of aliphatic hydroxyl groups excluding tert-OH is 2. The van der Waals surface area contributed by atoms with Crippen molar-refractivity contribution < 1.29 is 49.7 Å². The molecular weight excluding hydrogens is 376 g/mol. The van der Waals surface area contributed by atoms with Crippen LogP contribution in [0.25, 0.3) is 0 Å². The second-order valence-corrected chi connectivity index (χ2v) is 5.34. The molecule has 6 N–H and O–H groups in total. The Hall–Kier alpha value is -3.50. The third kappa shape index (κ3) is 5.76. The molecule has 2 atom stereocenters. The van der Waals surface area contributed by atoms with Crippen LogP contribution in [0.1, 0.15) is 23.3 Å². The molecule has 0 bridgehead atoms. The van der Waals surface area contributed by atoms with Gasteiger partial charge in [-0.3, -0.25) is 0 Å². The zero-order valence-electron chi connectivity index (χ0n) is 14.9.